The molecule has 3 rings (SSSR count). The Morgan fingerprint density at radius 1 is 1.31 bits per heavy atom. The van der Waals surface area contributed by atoms with Crippen molar-refractivity contribution in [2.45, 2.75) is 26.3 Å². The summed E-state index contributed by atoms with van der Waals surface area (Å²) in [6, 6.07) is 8.70. The summed E-state index contributed by atoms with van der Waals surface area (Å²) < 4.78 is 5.82. The molecule has 2 heteroatoms. The van der Waals surface area contributed by atoms with Gasteiger partial charge in [0.15, 0.2) is 0 Å². The lowest BCUT2D eigenvalue weighted by Gasteiger charge is -2.26. The predicted molar refractivity (Wildman–Crippen MR) is 64.4 cm³/mol. The van der Waals surface area contributed by atoms with E-state index in [-0.39, 0.29) is 0 Å². The Kier molecular flexibility index (Phi) is 2.05. The molecule has 3 atom stereocenters. The van der Waals surface area contributed by atoms with Gasteiger partial charge in [0.2, 0.25) is 0 Å². The van der Waals surface area contributed by atoms with E-state index < -0.39 is 0 Å². The Balaban J connectivity index is 1.79. The van der Waals surface area contributed by atoms with Gasteiger partial charge in [-0.05, 0) is 29.4 Å². The average Bonchev–Trinajstić information content (AvgIpc) is 2.78. The number of rotatable bonds is 1. The number of para-hydroxylation sites is 1. The van der Waals surface area contributed by atoms with Crippen molar-refractivity contribution in [3.63, 3.8) is 0 Å². The zero-order valence-corrected chi connectivity index (χ0v) is 9.94. The van der Waals surface area contributed by atoms with Crippen LogP contribution in [-0.4, -0.2) is 12.6 Å². The molecule has 0 spiro atoms. The van der Waals surface area contributed by atoms with Crippen molar-refractivity contribution in [2.24, 2.45) is 23.0 Å². The van der Waals surface area contributed by atoms with Crippen LogP contribution in [0.1, 0.15) is 19.4 Å². The summed E-state index contributed by atoms with van der Waals surface area (Å²) in [5, 5.41) is 0. The summed E-state index contributed by atoms with van der Waals surface area (Å²) in [6.07, 6.45) is 1.12. The fourth-order valence-electron chi connectivity index (χ4n) is 3.20. The van der Waals surface area contributed by atoms with E-state index in [4.69, 9.17) is 10.5 Å². The maximum Gasteiger partial charge on any atom is 0.122 e. The SMILES string of the molecule is CC1(C)[C@@H](N)[C@@H]1C1COc2ccccc2C1. The van der Waals surface area contributed by atoms with Crippen LogP contribution in [0.4, 0.5) is 0 Å². The van der Waals surface area contributed by atoms with Crippen molar-refractivity contribution < 1.29 is 4.74 Å². The van der Waals surface area contributed by atoms with Crippen LogP contribution in [0.15, 0.2) is 24.3 Å². The molecule has 86 valence electrons. The molecule has 0 bridgehead atoms. The second-order valence-corrected chi connectivity index (χ2v) is 5.76. The van der Waals surface area contributed by atoms with E-state index >= 15 is 0 Å². The monoisotopic (exact) mass is 217 g/mol. The zero-order chi connectivity index (χ0) is 11.3. The summed E-state index contributed by atoms with van der Waals surface area (Å²) in [6.45, 7) is 5.37. The van der Waals surface area contributed by atoms with Crippen molar-refractivity contribution in [2.75, 3.05) is 6.61 Å². The summed E-state index contributed by atoms with van der Waals surface area (Å²) in [5.74, 6) is 2.28. The van der Waals surface area contributed by atoms with Crippen LogP contribution in [0.25, 0.3) is 0 Å². The van der Waals surface area contributed by atoms with Gasteiger partial charge in [-0.2, -0.15) is 0 Å². The molecule has 0 amide bonds. The second kappa shape index (κ2) is 3.24. The molecule has 1 fully saturated rings. The first-order valence-corrected chi connectivity index (χ1v) is 6.07. The lowest BCUT2D eigenvalue weighted by atomic mass is 9.89. The molecule has 1 saturated carbocycles. The van der Waals surface area contributed by atoms with E-state index in [9.17, 15) is 0 Å². The molecule has 1 aromatic rings. The van der Waals surface area contributed by atoms with Crippen LogP contribution in [-0.2, 0) is 6.42 Å². The smallest absolute Gasteiger partial charge is 0.122 e. The highest BCUT2D eigenvalue weighted by atomic mass is 16.5. The number of fused-ring (bicyclic) bond motifs is 1. The number of nitrogens with two attached hydrogens (primary N) is 1. The molecule has 2 N–H and O–H groups in total. The maximum absolute atomic E-state index is 6.14. The molecule has 0 radical (unpaired) electrons. The third-order valence-corrected chi connectivity index (χ3v) is 4.41. The Labute approximate surface area is 96.8 Å². The summed E-state index contributed by atoms with van der Waals surface area (Å²) in [4.78, 5) is 0. The molecule has 0 saturated heterocycles. The van der Waals surface area contributed by atoms with Gasteiger partial charge in [0.25, 0.3) is 0 Å². The average molecular weight is 217 g/mol. The van der Waals surface area contributed by atoms with Crippen molar-refractivity contribution in [1.29, 1.82) is 0 Å². The van der Waals surface area contributed by atoms with Gasteiger partial charge in [-0.25, -0.2) is 0 Å². The third kappa shape index (κ3) is 1.36. The van der Waals surface area contributed by atoms with E-state index in [0.29, 0.717) is 23.3 Å². The van der Waals surface area contributed by atoms with Gasteiger partial charge in [0.1, 0.15) is 5.75 Å². The van der Waals surface area contributed by atoms with Crippen LogP contribution < -0.4 is 10.5 Å². The first-order valence-electron chi connectivity index (χ1n) is 6.07. The van der Waals surface area contributed by atoms with E-state index in [1.165, 1.54) is 5.56 Å². The molecule has 2 nitrogen and oxygen atoms in total. The van der Waals surface area contributed by atoms with Crippen LogP contribution in [0.5, 0.6) is 5.75 Å². The fourth-order valence-corrected chi connectivity index (χ4v) is 3.20. The maximum atomic E-state index is 6.14. The molecule has 1 aromatic carbocycles. The number of ether oxygens (including phenoxy) is 1. The summed E-state index contributed by atoms with van der Waals surface area (Å²) in [7, 11) is 0. The third-order valence-electron chi connectivity index (χ3n) is 4.41. The fraction of sp³-hybridized carbons (Fsp3) is 0.571. The molecule has 1 aliphatic carbocycles. The van der Waals surface area contributed by atoms with Gasteiger partial charge in [0.05, 0.1) is 6.61 Å². The summed E-state index contributed by atoms with van der Waals surface area (Å²) in [5.41, 5.74) is 7.79. The topological polar surface area (TPSA) is 35.2 Å². The van der Waals surface area contributed by atoms with E-state index in [1.54, 1.807) is 0 Å². The van der Waals surface area contributed by atoms with Crippen molar-refractivity contribution in [3.8, 4) is 5.75 Å². The minimum atomic E-state index is 0.306. The second-order valence-electron chi connectivity index (χ2n) is 5.76. The predicted octanol–water partition coefficient (Wildman–Crippen LogP) is 2.22. The Morgan fingerprint density at radius 2 is 2.00 bits per heavy atom. The normalized spacial score (nSPS) is 35.1. The van der Waals surface area contributed by atoms with Gasteiger partial charge in [-0.1, -0.05) is 32.0 Å². The van der Waals surface area contributed by atoms with E-state index in [2.05, 4.69) is 32.0 Å². The van der Waals surface area contributed by atoms with E-state index in [0.717, 1.165) is 18.8 Å². The Bertz CT molecular complexity index is 413. The Morgan fingerprint density at radius 3 is 2.69 bits per heavy atom. The van der Waals surface area contributed by atoms with Crippen LogP contribution in [0.3, 0.4) is 0 Å². The standard InChI is InChI=1S/C14H19NO/c1-14(2)12(13(14)15)10-7-9-5-3-4-6-11(9)16-8-10/h3-6,10,12-13H,7-8,15H2,1-2H3/t10?,12-,13-/m0/s1. The van der Waals surface area contributed by atoms with E-state index in [1.807, 2.05) is 6.07 Å². The molecule has 2 aliphatic rings. The van der Waals surface area contributed by atoms with Gasteiger partial charge < -0.3 is 10.5 Å². The molecule has 16 heavy (non-hydrogen) atoms. The molecular formula is C14H19NO. The van der Waals surface area contributed by atoms with Gasteiger partial charge >= 0.3 is 0 Å². The van der Waals surface area contributed by atoms with Gasteiger partial charge in [-0.3, -0.25) is 0 Å². The summed E-state index contributed by atoms with van der Waals surface area (Å²) >= 11 is 0. The van der Waals surface area contributed by atoms with Crippen molar-refractivity contribution >= 4 is 0 Å². The first kappa shape index (κ1) is 10.2. The minimum absolute atomic E-state index is 0.306. The van der Waals surface area contributed by atoms with Crippen molar-refractivity contribution in [3.05, 3.63) is 29.8 Å². The highest BCUT2D eigenvalue weighted by Gasteiger charge is 2.59. The first-order chi connectivity index (χ1) is 7.60. The molecule has 1 unspecified atom stereocenters. The van der Waals surface area contributed by atoms with Gasteiger partial charge in [-0.15, -0.1) is 0 Å². The molecule has 0 aromatic heterocycles. The van der Waals surface area contributed by atoms with Gasteiger partial charge in [0, 0.05) is 12.0 Å². The van der Waals surface area contributed by atoms with Crippen molar-refractivity contribution in [1.82, 2.24) is 0 Å². The number of benzene rings is 1. The van der Waals surface area contributed by atoms with Crippen LogP contribution >= 0.6 is 0 Å². The Hall–Kier alpha value is -1.02. The minimum Gasteiger partial charge on any atom is -0.493 e. The highest BCUT2D eigenvalue weighted by Crippen LogP contribution is 2.56. The lowest BCUT2D eigenvalue weighted by molar-refractivity contribution is 0.192. The molecule has 1 heterocycles. The highest BCUT2D eigenvalue weighted by molar-refractivity contribution is 5.36. The molecular weight excluding hydrogens is 198 g/mol. The molecule has 1 aliphatic heterocycles. The number of hydrogen-bond donors (Lipinski definition) is 1. The zero-order valence-electron chi connectivity index (χ0n) is 9.94. The largest absolute Gasteiger partial charge is 0.493 e. The van der Waals surface area contributed by atoms with Crippen LogP contribution in [0, 0.1) is 17.3 Å². The quantitative estimate of drug-likeness (QED) is 0.783. The lowest BCUT2D eigenvalue weighted by Crippen LogP contribution is -2.25. The van der Waals surface area contributed by atoms with Crippen LogP contribution in [0.2, 0.25) is 0 Å². The number of hydrogen-bond acceptors (Lipinski definition) is 2.